The summed E-state index contributed by atoms with van der Waals surface area (Å²) < 4.78 is 15.5. The van der Waals surface area contributed by atoms with Gasteiger partial charge < -0.3 is 4.72 Å². The van der Waals surface area contributed by atoms with Crippen LogP contribution in [0.15, 0.2) is 18.2 Å². The van der Waals surface area contributed by atoms with E-state index in [4.69, 9.17) is 0 Å². The number of rotatable bonds is 0. The van der Waals surface area contributed by atoms with E-state index in [0.717, 1.165) is 11.6 Å². The van der Waals surface area contributed by atoms with Gasteiger partial charge in [0.15, 0.2) is 0 Å². The van der Waals surface area contributed by atoms with Gasteiger partial charge in [-0.3, -0.25) is 0 Å². The van der Waals surface area contributed by atoms with Crippen molar-refractivity contribution in [2.75, 3.05) is 4.72 Å². The molecule has 0 amide bonds. The van der Waals surface area contributed by atoms with Crippen LogP contribution < -0.4 is 4.72 Å². The van der Waals surface area contributed by atoms with Crippen molar-refractivity contribution in [2.24, 2.45) is 11.8 Å². The Morgan fingerprint density at radius 2 is 2.12 bits per heavy atom. The third kappa shape index (κ3) is 1.29. The van der Waals surface area contributed by atoms with Crippen LogP contribution in [0.25, 0.3) is 0 Å². The highest BCUT2D eigenvalue weighted by Crippen LogP contribution is 2.57. The van der Waals surface area contributed by atoms with Crippen LogP contribution in [0.3, 0.4) is 0 Å². The zero-order valence-electron chi connectivity index (χ0n) is 9.98. The molecule has 3 aliphatic rings. The van der Waals surface area contributed by atoms with Crippen molar-refractivity contribution in [3.63, 3.8) is 0 Å². The molecular formula is C14H17NOS. The van der Waals surface area contributed by atoms with Crippen molar-refractivity contribution in [1.82, 2.24) is 0 Å². The first-order chi connectivity index (χ1) is 8.24. The highest BCUT2D eigenvalue weighted by molar-refractivity contribution is 7.87. The first-order valence-corrected chi connectivity index (χ1v) is 7.73. The van der Waals surface area contributed by atoms with E-state index in [0.29, 0.717) is 17.1 Å². The summed E-state index contributed by atoms with van der Waals surface area (Å²) in [6.07, 6.45) is 3.94. The summed E-state index contributed by atoms with van der Waals surface area (Å²) >= 11 is 0. The molecule has 2 fully saturated rings. The summed E-state index contributed by atoms with van der Waals surface area (Å²) in [6.45, 7) is 2.15. The molecule has 2 aliphatic carbocycles. The summed E-state index contributed by atoms with van der Waals surface area (Å²) in [5.74, 6) is 2.05. The van der Waals surface area contributed by atoms with E-state index in [1.807, 2.05) is 0 Å². The van der Waals surface area contributed by atoms with Gasteiger partial charge in [-0.25, -0.2) is 4.21 Å². The minimum absolute atomic E-state index is 0.378. The standard InChI is InChI=1S/C14H17NOS/c1-8-2-5-12-11(6-8)13-9-3-4-10(7-9)14(13)17(16)15-12/h2,5-6,9-10,13-15H,3-4,7H2,1H3/t9-,10-,13+,14+,17+/m1/s1. The average Bonchev–Trinajstić information content (AvgIpc) is 2.91. The Morgan fingerprint density at radius 3 is 3.00 bits per heavy atom. The van der Waals surface area contributed by atoms with Gasteiger partial charge in [0, 0.05) is 11.6 Å². The first-order valence-electron chi connectivity index (χ1n) is 6.52. The molecule has 1 aromatic rings. The second-order valence-corrected chi connectivity index (χ2v) is 7.16. The lowest BCUT2D eigenvalue weighted by Gasteiger charge is -2.36. The molecule has 2 bridgehead atoms. The van der Waals surface area contributed by atoms with Gasteiger partial charge in [0.1, 0.15) is 11.0 Å². The molecule has 0 unspecified atom stereocenters. The first kappa shape index (κ1) is 10.1. The Kier molecular flexibility index (Phi) is 1.99. The molecule has 5 atom stereocenters. The molecule has 2 nitrogen and oxygen atoms in total. The van der Waals surface area contributed by atoms with Crippen molar-refractivity contribution in [3.8, 4) is 0 Å². The Balaban J connectivity index is 1.88. The fourth-order valence-corrected chi connectivity index (χ4v) is 5.98. The molecule has 0 spiro atoms. The highest BCUT2D eigenvalue weighted by atomic mass is 32.2. The van der Waals surface area contributed by atoms with E-state index in [1.165, 1.54) is 30.4 Å². The molecule has 3 heteroatoms. The number of nitrogens with one attached hydrogen (secondary N) is 1. The van der Waals surface area contributed by atoms with E-state index < -0.39 is 11.0 Å². The van der Waals surface area contributed by atoms with E-state index in [-0.39, 0.29) is 0 Å². The predicted molar refractivity (Wildman–Crippen MR) is 70.3 cm³/mol. The summed E-state index contributed by atoms with van der Waals surface area (Å²) in [6, 6.07) is 6.51. The minimum Gasteiger partial charge on any atom is -0.305 e. The average molecular weight is 247 g/mol. The number of anilines is 1. The van der Waals surface area contributed by atoms with Crippen molar-refractivity contribution in [2.45, 2.75) is 37.4 Å². The van der Waals surface area contributed by atoms with Crippen LogP contribution in [-0.4, -0.2) is 9.46 Å². The molecule has 1 aliphatic heterocycles. The second-order valence-electron chi connectivity index (χ2n) is 5.81. The van der Waals surface area contributed by atoms with Gasteiger partial charge in [0.05, 0.1) is 5.25 Å². The van der Waals surface area contributed by atoms with Crippen LogP contribution >= 0.6 is 0 Å². The van der Waals surface area contributed by atoms with Crippen molar-refractivity contribution in [1.29, 1.82) is 0 Å². The molecule has 1 heterocycles. The lowest BCUT2D eigenvalue weighted by Crippen LogP contribution is -2.37. The smallest absolute Gasteiger partial charge is 0.121 e. The van der Waals surface area contributed by atoms with E-state index in [1.54, 1.807) is 0 Å². The maximum absolute atomic E-state index is 12.3. The van der Waals surface area contributed by atoms with Crippen molar-refractivity contribution >= 4 is 16.7 Å². The Hall–Kier alpha value is -0.830. The van der Waals surface area contributed by atoms with Crippen LogP contribution in [0.2, 0.25) is 0 Å². The maximum Gasteiger partial charge on any atom is 0.121 e. The van der Waals surface area contributed by atoms with Crippen LogP contribution in [0, 0.1) is 18.8 Å². The predicted octanol–water partition coefficient (Wildman–Crippen LogP) is 2.97. The van der Waals surface area contributed by atoms with Gasteiger partial charge in [-0.05, 0) is 49.7 Å². The third-order valence-corrected chi connectivity index (χ3v) is 6.46. The Labute approximate surface area is 104 Å². The van der Waals surface area contributed by atoms with Gasteiger partial charge in [-0.2, -0.15) is 0 Å². The molecule has 17 heavy (non-hydrogen) atoms. The summed E-state index contributed by atoms with van der Waals surface area (Å²) in [7, 11) is -0.863. The van der Waals surface area contributed by atoms with Crippen LogP contribution in [-0.2, 0) is 11.0 Å². The lowest BCUT2D eigenvalue weighted by molar-refractivity contribution is 0.422. The number of fused-ring (bicyclic) bond motifs is 7. The van der Waals surface area contributed by atoms with Gasteiger partial charge in [0.25, 0.3) is 0 Å². The van der Waals surface area contributed by atoms with E-state index in [9.17, 15) is 4.21 Å². The minimum atomic E-state index is -0.863. The molecule has 0 saturated heterocycles. The zero-order chi connectivity index (χ0) is 11.6. The van der Waals surface area contributed by atoms with Crippen LogP contribution in [0.1, 0.15) is 36.3 Å². The number of aryl methyl sites for hydroxylation is 1. The largest absolute Gasteiger partial charge is 0.305 e. The normalized spacial score (nSPS) is 41.8. The van der Waals surface area contributed by atoms with Gasteiger partial charge in [0.2, 0.25) is 0 Å². The van der Waals surface area contributed by atoms with Gasteiger partial charge in [-0.15, -0.1) is 0 Å². The van der Waals surface area contributed by atoms with Crippen LogP contribution in [0.5, 0.6) is 0 Å². The molecule has 90 valence electrons. The number of hydrogen-bond acceptors (Lipinski definition) is 1. The van der Waals surface area contributed by atoms with E-state index in [2.05, 4.69) is 29.8 Å². The number of benzene rings is 1. The monoisotopic (exact) mass is 247 g/mol. The molecule has 0 aromatic heterocycles. The maximum atomic E-state index is 12.3. The van der Waals surface area contributed by atoms with Crippen LogP contribution in [0.4, 0.5) is 5.69 Å². The quantitative estimate of drug-likeness (QED) is 0.750. The second kappa shape index (κ2) is 3.35. The van der Waals surface area contributed by atoms with Gasteiger partial charge in [-0.1, -0.05) is 17.7 Å². The topological polar surface area (TPSA) is 29.1 Å². The summed E-state index contributed by atoms with van der Waals surface area (Å²) in [5.41, 5.74) is 3.87. The van der Waals surface area contributed by atoms with Crippen molar-refractivity contribution in [3.05, 3.63) is 29.3 Å². The highest BCUT2D eigenvalue weighted by Gasteiger charge is 2.53. The molecule has 0 radical (unpaired) electrons. The Bertz CT molecular complexity index is 513. The Morgan fingerprint density at radius 1 is 1.29 bits per heavy atom. The fraction of sp³-hybridized carbons (Fsp3) is 0.571. The molecule has 1 aromatic carbocycles. The zero-order valence-corrected chi connectivity index (χ0v) is 10.8. The van der Waals surface area contributed by atoms with Crippen molar-refractivity contribution < 1.29 is 4.21 Å². The molecule has 4 rings (SSSR count). The fourth-order valence-electron chi connectivity index (χ4n) is 4.20. The molecule has 2 saturated carbocycles. The summed E-state index contributed by atoms with van der Waals surface area (Å²) in [5, 5.41) is 0.378. The lowest BCUT2D eigenvalue weighted by atomic mass is 9.81. The SMILES string of the molecule is Cc1ccc2c(c1)[C@@H]1[C@@H]3CC[C@H](C3)[C@@H]1[S@](=O)N2. The van der Waals surface area contributed by atoms with E-state index >= 15 is 0 Å². The summed E-state index contributed by atoms with van der Waals surface area (Å²) in [4.78, 5) is 0. The molecular weight excluding hydrogens is 230 g/mol. The number of hydrogen-bond donors (Lipinski definition) is 1. The molecule has 1 N–H and O–H groups in total. The van der Waals surface area contributed by atoms with Gasteiger partial charge >= 0.3 is 0 Å². The third-order valence-electron chi connectivity index (χ3n) is 4.86.